The second-order valence-electron chi connectivity index (χ2n) is 4.93. The van der Waals surface area contributed by atoms with Crippen LogP contribution in [0.25, 0.3) is 0 Å². The zero-order valence-corrected chi connectivity index (χ0v) is 10.4. The summed E-state index contributed by atoms with van der Waals surface area (Å²) in [5.74, 6) is -0.760. The topological polar surface area (TPSA) is 87.7 Å². The third-order valence-electron chi connectivity index (χ3n) is 3.60. The van der Waals surface area contributed by atoms with Crippen LogP contribution in [0, 0.1) is 5.92 Å². The second-order valence-corrected chi connectivity index (χ2v) is 4.93. The number of aliphatic carboxylic acids is 1. The van der Waals surface area contributed by atoms with Crippen molar-refractivity contribution < 1.29 is 19.4 Å². The average molecular weight is 256 g/mol. The van der Waals surface area contributed by atoms with E-state index in [1.807, 2.05) is 0 Å². The smallest absolute Gasteiger partial charge is 0.332 e. The Kier molecular flexibility index (Phi) is 4.54. The van der Waals surface area contributed by atoms with Crippen LogP contribution < -0.4 is 10.6 Å². The fourth-order valence-electron chi connectivity index (χ4n) is 2.48. The lowest BCUT2D eigenvalue weighted by molar-refractivity contribution is -0.149. The lowest BCUT2D eigenvalue weighted by Crippen LogP contribution is -2.41. The normalized spacial score (nSPS) is 29.1. The van der Waals surface area contributed by atoms with Crippen molar-refractivity contribution in [3.05, 3.63) is 0 Å². The number of nitrogens with one attached hydrogen (secondary N) is 2. The summed E-state index contributed by atoms with van der Waals surface area (Å²) in [6.07, 6.45) is 2.11. The molecule has 6 heteroatoms. The lowest BCUT2D eigenvalue weighted by Gasteiger charge is -2.22. The van der Waals surface area contributed by atoms with Crippen molar-refractivity contribution >= 4 is 11.9 Å². The molecular weight excluding hydrogens is 236 g/mol. The highest BCUT2D eigenvalue weighted by molar-refractivity contribution is 5.78. The van der Waals surface area contributed by atoms with Gasteiger partial charge in [0.1, 0.15) is 0 Å². The number of carboxylic acid groups (broad SMARTS) is 1. The molecule has 3 N–H and O–H groups in total. The van der Waals surface area contributed by atoms with Crippen molar-refractivity contribution in [3.8, 4) is 0 Å². The maximum atomic E-state index is 11.9. The third-order valence-corrected chi connectivity index (χ3v) is 3.60. The first-order valence-corrected chi connectivity index (χ1v) is 6.53. The van der Waals surface area contributed by atoms with Gasteiger partial charge in [0.15, 0.2) is 6.10 Å². The SMILES string of the molecule is O=C(NCC1CCC(C(=O)O)O1)C1CCNCC1. The molecule has 0 bridgehead atoms. The minimum atomic E-state index is -0.915. The molecule has 2 aliphatic rings. The zero-order valence-electron chi connectivity index (χ0n) is 10.4. The molecule has 18 heavy (non-hydrogen) atoms. The molecular formula is C12H20N2O4. The minimum absolute atomic E-state index is 0.0684. The summed E-state index contributed by atoms with van der Waals surface area (Å²) in [6, 6.07) is 0. The van der Waals surface area contributed by atoms with E-state index in [0.29, 0.717) is 19.4 Å². The summed E-state index contributed by atoms with van der Waals surface area (Å²) in [5, 5.41) is 14.9. The van der Waals surface area contributed by atoms with Crippen molar-refractivity contribution in [1.82, 2.24) is 10.6 Å². The number of carboxylic acids is 1. The van der Waals surface area contributed by atoms with Crippen LogP contribution in [0.5, 0.6) is 0 Å². The quantitative estimate of drug-likeness (QED) is 0.644. The largest absolute Gasteiger partial charge is 0.479 e. The van der Waals surface area contributed by atoms with Crippen molar-refractivity contribution in [2.24, 2.45) is 5.92 Å². The number of carbonyl (C=O) groups is 2. The summed E-state index contributed by atoms with van der Waals surface area (Å²) in [5.41, 5.74) is 0. The van der Waals surface area contributed by atoms with Gasteiger partial charge < -0.3 is 20.5 Å². The predicted molar refractivity (Wildman–Crippen MR) is 64.1 cm³/mol. The fourth-order valence-corrected chi connectivity index (χ4v) is 2.48. The van der Waals surface area contributed by atoms with E-state index in [1.165, 1.54) is 0 Å². The Bertz CT molecular complexity index is 315. The Hall–Kier alpha value is -1.14. The predicted octanol–water partition coefficient (Wildman–Crippen LogP) is -0.266. The second kappa shape index (κ2) is 6.15. The Morgan fingerprint density at radius 3 is 2.56 bits per heavy atom. The van der Waals surface area contributed by atoms with Crippen molar-refractivity contribution in [2.75, 3.05) is 19.6 Å². The molecule has 0 aromatic rings. The molecule has 0 spiro atoms. The Labute approximate surface area is 106 Å². The molecule has 0 radical (unpaired) electrons. The number of ether oxygens (including phenoxy) is 1. The molecule has 0 aromatic carbocycles. The highest BCUT2D eigenvalue weighted by Gasteiger charge is 2.31. The Balaban J connectivity index is 1.68. The van der Waals surface area contributed by atoms with Crippen LogP contribution in [-0.4, -0.2) is 48.8 Å². The zero-order chi connectivity index (χ0) is 13.0. The fraction of sp³-hybridized carbons (Fsp3) is 0.833. The molecule has 2 heterocycles. The first-order valence-electron chi connectivity index (χ1n) is 6.53. The van der Waals surface area contributed by atoms with Gasteiger partial charge in [-0.25, -0.2) is 4.79 Å². The molecule has 2 rings (SSSR count). The first-order chi connectivity index (χ1) is 8.66. The molecule has 6 nitrogen and oxygen atoms in total. The monoisotopic (exact) mass is 256 g/mol. The van der Waals surface area contributed by atoms with Crippen molar-refractivity contribution in [1.29, 1.82) is 0 Å². The average Bonchev–Trinajstić information content (AvgIpc) is 2.86. The van der Waals surface area contributed by atoms with E-state index in [4.69, 9.17) is 9.84 Å². The molecule has 0 saturated carbocycles. The summed E-state index contributed by atoms with van der Waals surface area (Å²) < 4.78 is 5.33. The van der Waals surface area contributed by atoms with E-state index in [9.17, 15) is 9.59 Å². The van der Waals surface area contributed by atoms with Crippen molar-refractivity contribution in [3.63, 3.8) is 0 Å². The van der Waals surface area contributed by atoms with Gasteiger partial charge in [-0.15, -0.1) is 0 Å². The van der Waals surface area contributed by atoms with E-state index < -0.39 is 12.1 Å². The summed E-state index contributed by atoms with van der Waals surface area (Å²) >= 11 is 0. The van der Waals surface area contributed by atoms with Crippen LogP contribution in [0.4, 0.5) is 0 Å². The maximum absolute atomic E-state index is 11.9. The number of hydrogen-bond donors (Lipinski definition) is 3. The number of carbonyl (C=O) groups excluding carboxylic acids is 1. The van der Waals surface area contributed by atoms with Gasteiger partial charge in [-0.2, -0.15) is 0 Å². The summed E-state index contributed by atoms with van der Waals surface area (Å²) in [6.45, 7) is 2.20. The van der Waals surface area contributed by atoms with Gasteiger partial charge in [-0.05, 0) is 38.8 Å². The van der Waals surface area contributed by atoms with Crippen LogP contribution >= 0.6 is 0 Å². The highest BCUT2D eigenvalue weighted by Crippen LogP contribution is 2.19. The Morgan fingerprint density at radius 1 is 1.22 bits per heavy atom. The molecule has 0 aliphatic carbocycles. The van der Waals surface area contributed by atoms with Crippen LogP contribution in [0.2, 0.25) is 0 Å². The minimum Gasteiger partial charge on any atom is -0.479 e. The third kappa shape index (κ3) is 3.43. The number of hydrogen-bond acceptors (Lipinski definition) is 4. The molecule has 1 amide bonds. The van der Waals surface area contributed by atoms with E-state index in [-0.39, 0.29) is 17.9 Å². The van der Waals surface area contributed by atoms with Gasteiger partial charge in [-0.3, -0.25) is 4.79 Å². The lowest BCUT2D eigenvalue weighted by atomic mass is 9.97. The molecule has 2 aliphatic heterocycles. The standard InChI is InChI=1S/C12H20N2O4/c15-11(8-3-5-13-6-4-8)14-7-9-1-2-10(18-9)12(16)17/h8-10,13H,1-7H2,(H,14,15)(H,16,17). The van der Waals surface area contributed by atoms with Gasteiger partial charge in [0.05, 0.1) is 6.10 Å². The summed E-state index contributed by atoms with van der Waals surface area (Å²) in [7, 11) is 0. The van der Waals surface area contributed by atoms with Crippen molar-refractivity contribution in [2.45, 2.75) is 37.9 Å². The number of piperidine rings is 1. The molecule has 2 fully saturated rings. The highest BCUT2D eigenvalue weighted by atomic mass is 16.5. The van der Waals surface area contributed by atoms with Gasteiger partial charge in [0.2, 0.25) is 5.91 Å². The number of rotatable bonds is 4. The molecule has 2 unspecified atom stereocenters. The molecule has 2 saturated heterocycles. The van der Waals surface area contributed by atoms with Crippen LogP contribution in [-0.2, 0) is 14.3 Å². The van der Waals surface area contributed by atoms with E-state index >= 15 is 0 Å². The van der Waals surface area contributed by atoms with Gasteiger partial charge in [0.25, 0.3) is 0 Å². The number of amides is 1. The molecule has 2 atom stereocenters. The van der Waals surface area contributed by atoms with E-state index in [0.717, 1.165) is 25.9 Å². The van der Waals surface area contributed by atoms with Crippen LogP contribution in [0.3, 0.4) is 0 Å². The van der Waals surface area contributed by atoms with Crippen LogP contribution in [0.15, 0.2) is 0 Å². The first kappa shape index (κ1) is 13.3. The van der Waals surface area contributed by atoms with Gasteiger partial charge in [-0.1, -0.05) is 0 Å². The molecule has 0 aromatic heterocycles. The maximum Gasteiger partial charge on any atom is 0.332 e. The van der Waals surface area contributed by atoms with Gasteiger partial charge in [0, 0.05) is 12.5 Å². The summed E-state index contributed by atoms with van der Waals surface area (Å²) in [4.78, 5) is 22.6. The Morgan fingerprint density at radius 2 is 1.94 bits per heavy atom. The van der Waals surface area contributed by atoms with E-state index in [2.05, 4.69) is 10.6 Å². The van der Waals surface area contributed by atoms with E-state index in [1.54, 1.807) is 0 Å². The van der Waals surface area contributed by atoms with Crippen LogP contribution in [0.1, 0.15) is 25.7 Å². The van der Waals surface area contributed by atoms with Gasteiger partial charge >= 0.3 is 5.97 Å². The molecule has 102 valence electrons.